The van der Waals surface area contributed by atoms with Crippen molar-refractivity contribution < 1.29 is 80.2 Å². The van der Waals surface area contributed by atoms with Gasteiger partial charge in [0.15, 0.2) is 12.2 Å². The van der Waals surface area contributed by atoms with Crippen molar-refractivity contribution in [1.29, 1.82) is 0 Å². The molecule has 0 aromatic heterocycles. The first kappa shape index (κ1) is 98.1. The maximum atomic E-state index is 13.1. The van der Waals surface area contributed by atoms with Crippen LogP contribution in [0.4, 0.5) is 0 Å². The summed E-state index contributed by atoms with van der Waals surface area (Å²) in [7, 11) is -9.92. The van der Waals surface area contributed by atoms with Crippen LogP contribution in [0.2, 0.25) is 0 Å². The van der Waals surface area contributed by atoms with Crippen molar-refractivity contribution in [2.45, 2.75) is 451 Å². The lowest BCUT2D eigenvalue weighted by Crippen LogP contribution is -2.30. The fraction of sp³-hybridized carbons (Fsp3) is 0.951. The van der Waals surface area contributed by atoms with Crippen molar-refractivity contribution in [1.82, 2.24) is 0 Å². The summed E-state index contributed by atoms with van der Waals surface area (Å²) >= 11 is 0. The van der Waals surface area contributed by atoms with E-state index in [0.717, 1.165) is 95.8 Å². The van der Waals surface area contributed by atoms with Gasteiger partial charge < -0.3 is 33.8 Å². The molecule has 0 heterocycles. The number of carbonyl (C=O) groups excluding carboxylic acids is 4. The summed E-state index contributed by atoms with van der Waals surface area (Å²) in [4.78, 5) is 73.0. The van der Waals surface area contributed by atoms with Gasteiger partial charge >= 0.3 is 39.5 Å². The second-order valence-corrected chi connectivity index (χ2v) is 32.3. The number of hydrogen-bond donors (Lipinski definition) is 3. The molecule has 17 nitrogen and oxygen atoms in total. The standard InChI is InChI=1S/C81H158O17P2/c1-6-10-13-16-19-22-25-28-36-41-45-50-55-60-65-79(84)92-71-77(98-81(86)67-62-57-52-47-42-37-34-32-30-29-31-33-35-38-43-48-53-58-63-74(5)9-4)73-96-100(89,90)94-69-75(82)68-93-99(87,88)95-72-76(97-80(85)66-61-56-51-46-40-27-24-21-18-15-12-8-3)70-91-78(83)64-59-54-49-44-39-26-23-20-17-14-11-7-2/h74-77,82H,6-73H2,1-5H3,(H,87,88)(H,89,90)/t74?,75-,76+,77+/m0/s1. The first-order valence-electron chi connectivity index (χ1n) is 42.2. The second kappa shape index (κ2) is 73.9. The van der Waals surface area contributed by atoms with E-state index >= 15 is 0 Å². The predicted molar refractivity (Wildman–Crippen MR) is 409 cm³/mol. The Bertz CT molecular complexity index is 1910. The van der Waals surface area contributed by atoms with Crippen molar-refractivity contribution in [3.8, 4) is 0 Å². The number of rotatable bonds is 81. The Morgan fingerprint density at radius 3 is 0.710 bits per heavy atom. The minimum Gasteiger partial charge on any atom is -0.462 e. The van der Waals surface area contributed by atoms with Gasteiger partial charge in [0.05, 0.1) is 26.4 Å². The van der Waals surface area contributed by atoms with E-state index in [1.54, 1.807) is 0 Å². The quantitative estimate of drug-likeness (QED) is 0.0222. The average Bonchev–Trinajstić information content (AvgIpc) is 0.947. The van der Waals surface area contributed by atoms with Gasteiger partial charge in [-0.2, -0.15) is 0 Å². The number of aliphatic hydroxyl groups is 1. The summed E-state index contributed by atoms with van der Waals surface area (Å²) < 4.78 is 68.7. The fourth-order valence-electron chi connectivity index (χ4n) is 12.6. The molecule has 0 aromatic carbocycles. The highest BCUT2D eigenvalue weighted by atomic mass is 31.2. The number of hydrogen-bond acceptors (Lipinski definition) is 15. The molecule has 0 saturated carbocycles. The average molecular weight is 1470 g/mol. The summed E-state index contributed by atoms with van der Waals surface area (Å²) in [6.45, 7) is 7.40. The van der Waals surface area contributed by atoms with Crippen LogP contribution in [0.15, 0.2) is 0 Å². The molecular weight excluding hydrogens is 1310 g/mol. The van der Waals surface area contributed by atoms with E-state index < -0.39 is 97.5 Å². The second-order valence-electron chi connectivity index (χ2n) is 29.4. The van der Waals surface area contributed by atoms with Gasteiger partial charge in [-0.25, -0.2) is 9.13 Å². The molecule has 0 spiro atoms. The Morgan fingerprint density at radius 1 is 0.280 bits per heavy atom. The van der Waals surface area contributed by atoms with Gasteiger partial charge in [0.1, 0.15) is 19.3 Å². The van der Waals surface area contributed by atoms with Crippen LogP contribution in [0.5, 0.6) is 0 Å². The van der Waals surface area contributed by atoms with Crippen molar-refractivity contribution in [2.75, 3.05) is 39.6 Å². The van der Waals surface area contributed by atoms with Gasteiger partial charge in [-0.05, 0) is 31.6 Å². The lowest BCUT2D eigenvalue weighted by atomic mass is 9.99. The van der Waals surface area contributed by atoms with E-state index in [1.807, 2.05) is 0 Å². The van der Waals surface area contributed by atoms with E-state index in [4.69, 9.17) is 37.0 Å². The summed E-state index contributed by atoms with van der Waals surface area (Å²) in [6.07, 6.45) is 65.0. The summed E-state index contributed by atoms with van der Waals surface area (Å²) in [5, 5.41) is 10.6. The van der Waals surface area contributed by atoms with Crippen LogP contribution in [0.3, 0.4) is 0 Å². The van der Waals surface area contributed by atoms with Crippen LogP contribution in [-0.4, -0.2) is 96.7 Å². The molecule has 0 aromatic rings. The van der Waals surface area contributed by atoms with E-state index in [2.05, 4.69) is 34.6 Å². The highest BCUT2D eigenvalue weighted by molar-refractivity contribution is 7.47. The first-order chi connectivity index (χ1) is 48.6. The normalized spacial score (nSPS) is 14.1. The van der Waals surface area contributed by atoms with Gasteiger partial charge in [0.25, 0.3) is 0 Å². The molecule has 0 bridgehead atoms. The topological polar surface area (TPSA) is 237 Å². The third kappa shape index (κ3) is 73.0. The zero-order chi connectivity index (χ0) is 73.4. The number of esters is 4. The van der Waals surface area contributed by atoms with E-state index in [9.17, 15) is 43.2 Å². The Labute approximate surface area is 613 Å². The van der Waals surface area contributed by atoms with Crippen molar-refractivity contribution in [3.63, 3.8) is 0 Å². The SMILES string of the molecule is CCCCCCCCCCCCCCCCC(=O)OC[C@H](COP(=O)(O)OC[C@@H](O)COP(=O)(O)OC[C@@H](COC(=O)CCCCCCCCCCCCCC)OC(=O)CCCCCCCCCCCCCC)OC(=O)CCCCCCCCCCCCCCCCCCCCC(C)CC. The van der Waals surface area contributed by atoms with E-state index in [1.165, 1.54) is 257 Å². The molecule has 0 fully saturated rings. The van der Waals surface area contributed by atoms with Crippen LogP contribution >= 0.6 is 15.6 Å². The highest BCUT2D eigenvalue weighted by Crippen LogP contribution is 2.45. The van der Waals surface area contributed by atoms with Gasteiger partial charge in [0, 0.05) is 25.7 Å². The third-order valence-corrected chi connectivity index (χ3v) is 21.3. The molecule has 6 atom stereocenters. The Morgan fingerprint density at radius 2 is 0.480 bits per heavy atom. The molecule has 0 aliphatic carbocycles. The molecule has 19 heteroatoms. The van der Waals surface area contributed by atoms with E-state index in [-0.39, 0.29) is 25.7 Å². The van der Waals surface area contributed by atoms with Crippen LogP contribution < -0.4 is 0 Å². The predicted octanol–water partition coefficient (Wildman–Crippen LogP) is 24.4. The van der Waals surface area contributed by atoms with E-state index in [0.29, 0.717) is 25.7 Å². The Balaban J connectivity index is 5.21. The van der Waals surface area contributed by atoms with Crippen molar-refractivity contribution >= 4 is 39.5 Å². The molecule has 0 aliphatic heterocycles. The van der Waals surface area contributed by atoms with Crippen LogP contribution in [0.25, 0.3) is 0 Å². The zero-order valence-electron chi connectivity index (χ0n) is 65.3. The minimum atomic E-state index is -4.96. The van der Waals surface area contributed by atoms with Crippen LogP contribution in [0, 0.1) is 5.92 Å². The van der Waals surface area contributed by atoms with Crippen LogP contribution in [0.1, 0.15) is 433 Å². The third-order valence-electron chi connectivity index (χ3n) is 19.4. The number of aliphatic hydroxyl groups excluding tert-OH is 1. The molecule has 0 aliphatic rings. The number of carbonyl (C=O) groups is 4. The van der Waals surface area contributed by atoms with Crippen LogP contribution in [-0.2, 0) is 65.4 Å². The molecule has 100 heavy (non-hydrogen) atoms. The monoisotopic (exact) mass is 1470 g/mol. The number of unbranched alkanes of at least 4 members (excludes halogenated alkanes) is 52. The smallest absolute Gasteiger partial charge is 0.462 e. The fourth-order valence-corrected chi connectivity index (χ4v) is 14.1. The minimum absolute atomic E-state index is 0.108. The number of phosphoric acid groups is 2. The van der Waals surface area contributed by atoms with Crippen molar-refractivity contribution in [2.24, 2.45) is 5.92 Å². The molecule has 0 rings (SSSR count). The molecule has 0 radical (unpaired) electrons. The molecular formula is C81H158O17P2. The highest BCUT2D eigenvalue weighted by Gasteiger charge is 2.30. The van der Waals surface area contributed by atoms with Crippen molar-refractivity contribution in [3.05, 3.63) is 0 Å². The van der Waals surface area contributed by atoms with Gasteiger partial charge in [-0.15, -0.1) is 0 Å². The Kier molecular flexibility index (Phi) is 72.5. The molecule has 3 unspecified atom stereocenters. The van der Waals surface area contributed by atoms with Gasteiger partial charge in [-0.1, -0.05) is 381 Å². The number of ether oxygens (including phenoxy) is 4. The molecule has 0 amide bonds. The summed E-state index contributed by atoms with van der Waals surface area (Å²) in [6, 6.07) is 0. The van der Waals surface area contributed by atoms with Gasteiger partial charge in [-0.3, -0.25) is 37.3 Å². The molecule has 594 valence electrons. The molecule has 3 N–H and O–H groups in total. The molecule has 0 saturated heterocycles. The largest absolute Gasteiger partial charge is 0.472 e. The zero-order valence-corrected chi connectivity index (χ0v) is 67.1. The summed E-state index contributed by atoms with van der Waals surface area (Å²) in [5.41, 5.74) is 0. The lowest BCUT2D eigenvalue weighted by Gasteiger charge is -2.21. The number of phosphoric ester groups is 2. The maximum Gasteiger partial charge on any atom is 0.472 e. The first-order valence-corrected chi connectivity index (χ1v) is 45.2. The Hall–Kier alpha value is -1.94. The van der Waals surface area contributed by atoms with Gasteiger partial charge in [0.2, 0.25) is 0 Å². The maximum absolute atomic E-state index is 13.1. The summed E-state index contributed by atoms with van der Waals surface area (Å²) in [5.74, 6) is -1.23. The lowest BCUT2D eigenvalue weighted by molar-refractivity contribution is -0.161.